The highest BCUT2D eigenvalue weighted by Gasteiger charge is 2.23. The molecule has 2 rings (SSSR count). The molecule has 0 saturated heterocycles. The van der Waals surface area contributed by atoms with Gasteiger partial charge in [-0.05, 0) is 22.6 Å². The number of aromatic amines is 1. The van der Waals surface area contributed by atoms with Crippen LogP contribution in [0.25, 0.3) is 5.70 Å². The summed E-state index contributed by atoms with van der Waals surface area (Å²) in [5.74, 6) is 0.300. The Kier molecular flexibility index (Phi) is 2.22. The Morgan fingerprint density at radius 1 is 1.64 bits per heavy atom. The van der Waals surface area contributed by atoms with E-state index in [1.54, 1.807) is 4.68 Å². The summed E-state index contributed by atoms with van der Waals surface area (Å²) in [5.41, 5.74) is 0.594. The van der Waals surface area contributed by atoms with Crippen molar-refractivity contribution in [2.75, 3.05) is 0 Å². The van der Waals surface area contributed by atoms with E-state index in [0.29, 0.717) is 5.92 Å². The summed E-state index contributed by atoms with van der Waals surface area (Å²) in [5, 5.41) is 5.51. The maximum absolute atomic E-state index is 10.8. The molecule has 1 aromatic rings. The fourth-order valence-electron chi connectivity index (χ4n) is 1.48. The van der Waals surface area contributed by atoms with Crippen LogP contribution in [0.3, 0.4) is 0 Å². The molecule has 74 valence electrons. The second-order valence-corrected chi connectivity index (χ2v) is 3.12. The van der Waals surface area contributed by atoms with Gasteiger partial charge in [0.05, 0.1) is 12.1 Å². The fourth-order valence-corrected chi connectivity index (χ4v) is 1.48. The van der Waals surface area contributed by atoms with E-state index >= 15 is 0 Å². The minimum Gasteiger partial charge on any atom is -0.363 e. The van der Waals surface area contributed by atoms with Crippen LogP contribution >= 0.6 is 0 Å². The first-order chi connectivity index (χ1) is 6.81. The van der Waals surface area contributed by atoms with Crippen molar-refractivity contribution >= 4 is 5.70 Å². The van der Waals surface area contributed by atoms with Gasteiger partial charge in [0.2, 0.25) is 5.70 Å². The summed E-state index contributed by atoms with van der Waals surface area (Å²) < 4.78 is 6.19. The van der Waals surface area contributed by atoms with Crippen molar-refractivity contribution in [3.05, 3.63) is 35.1 Å². The first-order valence-electron chi connectivity index (χ1n) is 4.54. The molecular weight excluding hydrogens is 182 g/mol. The lowest BCUT2D eigenvalue weighted by Gasteiger charge is -2.10. The molecule has 0 aliphatic carbocycles. The summed E-state index contributed by atoms with van der Waals surface area (Å²) in [4.78, 5) is 10.8. The maximum Gasteiger partial charge on any atom is 0.427 e. The van der Waals surface area contributed by atoms with Crippen LogP contribution in [0, 0.1) is 5.92 Å². The zero-order chi connectivity index (χ0) is 9.97. The van der Waals surface area contributed by atoms with Gasteiger partial charge in [-0.15, -0.1) is 0 Å². The van der Waals surface area contributed by atoms with E-state index in [0.717, 1.165) is 12.1 Å². The van der Waals surface area contributed by atoms with E-state index in [-0.39, 0.29) is 5.63 Å². The van der Waals surface area contributed by atoms with Gasteiger partial charge in [-0.25, -0.2) is 4.79 Å². The number of nitrogens with one attached hydrogen (secondary N) is 2. The van der Waals surface area contributed by atoms with E-state index in [9.17, 15) is 4.79 Å². The molecule has 0 aromatic carbocycles. The second kappa shape index (κ2) is 3.53. The third kappa shape index (κ3) is 1.48. The van der Waals surface area contributed by atoms with Gasteiger partial charge in [0, 0.05) is 0 Å². The molecular formula is C9H12N3O2+. The summed E-state index contributed by atoms with van der Waals surface area (Å²) in [6.07, 6.45) is 8.14. The minimum absolute atomic E-state index is 0.300. The number of rotatable bonds is 2. The molecule has 1 unspecified atom stereocenters. The summed E-state index contributed by atoms with van der Waals surface area (Å²) >= 11 is 0. The van der Waals surface area contributed by atoms with E-state index in [4.69, 9.17) is 0 Å². The summed E-state index contributed by atoms with van der Waals surface area (Å²) in [6, 6.07) is 0. The summed E-state index contributed by atoms with van der Waals surface area (Å²) in [7, 11) is 0. The number of aromatic nitrogens is 2. The molecule has 14 heavy (non-hydrogen) atoms. The molecule has 1 aromatic heterocycles. The van der Waals surface area contributed by atoms with Crippen LogP contribution in [0.4, 0.5) is 0 Å². The van der Waals surface area contributed by atoms with Gasteiger partial charge >= 0.3 is 5.63 Å². The number of hydrogen-bond donors (Lipinski definition) is 2. The highest BCUT2D eigenvalue weighted by molar-refractivity contribution is 5.41. The molecule has 0 amide bonds. The number of dihydropyridines is 1. The smallest absolute Gasteiger partial charge is 0.363 e. The largest absolute Gasteiger partial charge is 0.427 e. The van der Waals surface area contributed by atoms with Crippen molar-refractivity contribution in [2.24, 2.45) is 5.92 Å². The molecule has 1 atom stereocenters. The first-order valence-corrected chi connectivity index (χ1v) is 4.54. The van der Waals surface area contributed by atoms with Crippen molar-refractivity contribution in [1.82, 2.24) is 10.6 Å². The Hall–Kier alpha value is -1.78. The molecule has 1 aliphatic heterocycles. The molecule has 2 N–H and O–H groups in total. The SMILES string of the molecule is CCC1C=CNC=C1[n+]1cc(=O)o[nH]1. The average molecular weight is 194 g/mol. The Morgan fingerprint density at radius 2 is 2.50 bits per heavy atom. The van der Waals surface area contributed by atoms with Crippen LogP contribution in [-0.4, -0.2) is 5.27 Å². The van der Waals surface area contributed by atoms with Gasteiger partial charge in [0.25, 0.3) is 6.20 Å². The minimum atomic E-state index is -0.379. The van der Waals surface area contributed by atoms with Gasteiger partial charge in [-0.1, -0.05) is 13.0 Å². The molecule has 0 spiro atoms. The van der Waals surface area contributed by atoms with Gasteiger partial charge < -0.3 is 5.32 Å². The number of H-pyrrole nitrogens is 1. The predicted molar refractivity (Wildman–Crippen MR) is 49.9 cm³/mol. The monoisotopic (exact) mass is 194 g/mol. The lowest BCUT2D eigenvalue weighted by Crippen LogP contribution is -2.39. The highest BCUT2D eigenvalue weighted by atomic mass is 16.5. The average Bonchev–Trinajstić information content (AvgIpc) is 2.65. The van der Waals surface area contributed by atoms with Crippen LogP contribution in [0.5, 0.6) is 0 Å². The van der Waals surface area contributed by atoms with Gasteiger partial charge in [-0.2, -0.15) is 0 Å². The molecule has 0 fully saturated rings. The number of hydrogen-bond acceptors (Lipinski definition) is 3. The molecule has 1 aliphatic rings. The second-order valence-electron chi connectivity index (χ2n) is 3.12. The predicted octanol–water partition coefficient (Wildman–Crippen LogP) is 0.197. The third-order valence-electron chi connectivity index (χ3n) is 2.23. The van der Waals surface area contributed by atoms with Crippen molar-refractivity contribution in [2.45, 2.75) is 13.3 Å². The summed E-state index contributed by atoms with van der Waals surface area (Å²) in [6.45, 7) is 2.09. The maximum atomic E-state index is 10.8. The Labute approximate surface area is 80.7 Å². The van der Waals surface area contributed by atoms with Gasteiger partial charge in [0.1, 0.15) is 0 Å². The number of allylic oxidation sites excluding steroid dienone is 2. The molecule has 0 radical (unpaired) electrons. The van der Waals surface area contributed by atoms with Crippen molar-refractivity contribution in [1.29, 1.82) is 0 Å². The molecule has 5 nitrogen and oxygen atoms in total. The zero-order valence-electron chi connectivity index (χ0n) is 7.86. The lowest BCUT2D eigenvalue weighted by atomic mass is 10.0. The van der Waals surface area contributed by atoms with E-state index in [1.807, 2.05) is 18.5 Å². The fraction of sp³-hybridized carbons (Fsp3) is 0.333. The quantitative estimate of drug-likeness (QED) is 0.661. The molecule has 0 bridgehead atoms. The Balaban J connectivity index is 2.33. The van der Waals surface area contributed by atoms with Crippen LogP contribution < -0.4 is 15.6 Å². The van der Waals surface area contributed by atoms with Crippen LogP contribution in [0.15, 0.2) is 34.0 Å². The molecule has 2 heterocycles. The van der Waals surface area contributed by atoms with Crippen molar-refractivity contribution in [3.63, 3.8) is 0 Å². The lowest BCUT2D eigenvalue weighted by molar-refractivity contribution is -0.661. The normalized spacial score (nSPS) is 20.4. The van der Waals surface area contributed by atoms with Crippen LogP contribution in [-0.2, 0) is 0 Å². The van der Waals surface area contributed by atoms with Crippen LogP contribution in [0.1, 0.15) is 13.3 Å². The first kappa shape index (κ1) is 8.80. The molecule has 0 saturated carbocycles. The van der Waals surface area contributed by atoms with Crippen LogP contribution in [0.2, 0.25) is 0 Å². The van der Waals surface area contributed by atoms with Crippen molar-refractivity contribution < 1.29 is 9.20 Å². The standard InChI is InChI=1S/C9H11N3O2/c1-2-7-3-4-10-5-8(7)12-6-9(13)14-11-12/h3-7H,2H2,1H3,(H-,10,11,13)/p+1. The van der Waals surface area contributed by atoms with E-state index < -0.39 is 0 Å². The van der Waals surface area contributed by atoms with Crippen molar-refractivity contribution in [3.8, 4) is 0 Å². The molecule has 5 heteroatoms. The Bertz CT molecular complexity index is 427. The highest BCUT2D eigenvalue weighted by Crippen LogP contribution is 2.17. The van der Waals surface area contributed by atoms with Gasteiger partial charge in [-0.3, -0.25) is 4.52 Å². The van der Waals surface area contributed by atoms with Gasteiger partial charge in [0.15, 0.2) is 0 Å². The van der Waals surface area contributed by atoms with E-state index in [2.05, 4.69) is 22.0 Å². The Morgan fingerprint density at radius 3 is 3.14 bits per heavy atom. The third-order valence-corrected chi connectivity index (χ3v) is 2.23. The topological polar surface area (TPSA) is 61.9 Å². The number of nitrogens with zero attached hydrogens (tertiary/aromatic N) is 1. The zero-order valence-corrected chi connectivity index (χ0v) is 7.86. The van der Waals surface area contributed by atoms with E-state index in [1.165, 1.54) is 6.20 Å².